The SMILES string of the molecule is CC(C)C1(C(=O)O)CCN(C(=O)c2ccc(C(=O)NCC(C)(C)C)cc2)C1. The van der Waals surface area contributed by atoms with Gasteiger partial charge in [0.15, 0.2) is 0 Å². The van der Waals surface area contributed by atoms with Crippen molar-refractivity contribution < 1.29 is 19.5 Å². The maximum atomic E-state index is 12.8. The van der Waals surface area contributed by atoms with Crippen molar-refractivity contribution in [1.29, 1.82) is 0 Å². The molecule has 27 heavy (non-hydrogen) atoms. The third-order valence-corrected chi connectivity index (χ3v) is 5.29. The Balaban J connectivity index is 2.06. The Morgan fingerprint density at radius 1 is 1.15 bits per heavy atom. The highest BCUT2D eigenvalue weighted by Crippen LogP contribution is 2.38. The molecule has 1 aliphatic rings. The van der Waals surface area contributed by atoms with Crippen molar-refractivity contribution in [3.63, 3.8) is 0 Å². The van der Waals surface area contributed by atoms with Crippen molar-refractivity contribution in [2.45, 2.75) is 41.0 Å². The van der Waals surface area contributed by atoms with Gasteiger partial charge in [0, 0.05) is 30.8 Å². The topological polar surface area (TPSA) is 86.7 Å². The molecule has 1 saturated heterocycles. The number of rotatable bonds is 5. The van der Waals surface area contributed by atoms with E-state index in [2.05, 4.69) is 5.32 Å². The molecule has 2 N–H and O–H groups in total. The molecular formula is C21H30N2O4. The van der Waals surface area contributed by atoms with Crippen molar-refractivity contribution in [1.82, 2.24) is 10.2 Å². The molecule has 2 amide bonds. The van der Waals surface area contributed by atoms with Gasteiger partial charge in [-0.2, -0.15) is 0 Å². The lowest BCUT2D eigenvalue weighted by molar-refractivity contribution is -0.150. The van der Waals surface area contributed by atoms with E-state index >= 15 is 0 Å². The summed E-state index contributed by atoms with van der Waals surface area (Å²) >= 11 is 0. The molecule has 6 nitrogen and oxygen atoms in total. The van der Waals surface area contributed by atoms with Crippen LogP contribution in [0.15, 0.2) is 24.3 Å². The van der Waals surface area contributed by atoms with Crippen LogP contribution >= 0.6 is 0 Å². The Labute approximate surface area is 160 Å². The predicted octanol–water partition coefficient (Wildman–Crippen LogP) is 3.04. The zero-order chi connectivity index (χ0) is 20.4. The van der Waals surface area contributed by atoms with E-state index in [1.807, 2.05) is 34.6 Å². The summed E-state index contributed by atoms with van der Waals surface area (Å²) in [7, 11) is 0. The van der Waals surface area contributed by atoms with Gasteiger partial charge in [-0.1, -0.05) is 34.6 Å². The van der Waals surface area contributed by atoms with E-state index in [9.17, 15) is 19.5 Å². The molecule has 1 unspecified atom stereocenters. The van der Waals surface area contributed by atoms with Gasteiger partial charge in [-0.05, 0) is 42.0 Å². The third kappa shape index (κ3) is 4.67. The molecule has 0 aliphatic carbocycles. The average molecular weight is 374 g/mol. The smallest absolute Gasteiger partial charge is 0.311 e. The van der Waals surface area contributed by atoms with Crippen LogP contribution < -0.4 is 5.32 Å². The lowest BCUT2D eigenvalue weighted by Crippen LogP contribution is -2.40. The van der Waals surface area contributed by atoms with Gasteiger partial charge in [0.2, 0.25) is 0 Å². The molecule has 148 valence electrons. The fraction of sp³-hybridized carbons (Fsp3) is 0.571. The highest BCUT2D eigenvalue weighted by Gasteiger charge is 2.48. The zero-order valence-corrected chi connectivity index (χ0v) is 16.8. The third-order valence-electron chi connectivity index (χ3n) is 5.29. The van der Waals surface area contributed by atoms with E-state index in [1.54, 1.807) is 29.2 Å². The second-order valence-electron chi connectivity index (χ2n) is 8.91. The molecule has 0 radical (unpaired) electrons. The molecule has 6 heteroatoms. The van der Waals surface area contributed by atoms with Gasteiger partial charge >= 0.3 is 5.97 Å². The standard InChI is InChI=1S/C21H30N2O4/c1-14(2)21(19(26)27)10-11-23(13-21)18(25)16-8-6-15(7-9-16)17(24)22-12-20(3,4)5/h6-9,14H,10-13H2,1-5H3,(H,22,24)(H,26,27). The Morgan fingerprint density at radius 2 is 1.70 bits per heavy atom. The van der Waals surface area contributed by atoms with Crippen LogP contribution in [0.5, 0.6) is 0 Å². The Kier molecular flexibility index (Phi) is 5.97. The van der Waals surface area contributed by atoms with E-state index in [0.29, 0.717) is 30.6 Å². The van der Waals surface area contributed by atoms with Crippen LogP contribution in [-0.4, -0.2) is 47.4 Å². The number of benzene rings is 1. The average Bonchev–Trinajstić information content (AvgIpc) is 3.05. The van der Waals surface area contributed by atoms with Crippen LogP contribution in [-0.2, 0) is 4.79 Å². The number of amides is 2. The van der Waals surface area contributed by atoms with Crippen LogP contribution in [0, 0.1) is 16.7 Å². The molecule has 1 atom stereocenters. The van der Waals surface area contributed by atoms with E-state index in [1.165, 1.54) is 0 Å². The zero-order valence-electron chi connectivity index (χ0n) is 16.8. The minimum absolute atomic E-state index is 0.00558. The summed E-state index contributed by atoms with van der Waals surface area (Å²) in [5.74, 6) is -1.27. The van der Waals surface area contributed by atoms with E-state index in [-0.39, 0.29) is 29.7 Å². The van der Waals surface area contributed by atoms with Crippen LogP contribution in [0.3, 0.4) is 0 Å². The molecule has 1 fully saturated rings. The van der Waals surface area contributed by atoms with Crippen LogP contribution in [0.4, 0.5) is 0 Å². The first kappa shape index (κ1) is 20.9. The molecule has 1 aliphatic heterocycles. The molecule has 0 saturated carbocycles. The largest absolute Gasteiger partial charge is 0.481 e. The van der Waals surface area contributed by atoms with Crippen molar-refractivity contribution in [3.8, 4) is 0 Å². The molecule has 1 aromatic carbocycles. The summed E-state index contributed by atoms with van der Waals surface area (Å²) < 4.78 is 0. The van der Waals surface area contributed by atoms with Crippen molar-refractivity contribution in [2.24, 2.45) is 16.7 Å². The summed E-state index contributed by atoms with van der Waals surface area (Å²) in [4.78, 5) is 38.3. The van der Waals surface area contributed by atoms with Crippen molar-refractivity contribution in [2.75, 3.05) is 19.6 Å². The van der Waals surface area contributed by atoms with Gasteiger partial charge in [0.05, 0.1) is 5.41 Å². The molecule has 1 aromatic rings. The maximum Gasteiger partial charge on any atom is 0.311 e. The van der Waals surface area contributed by atoms with Gasteiger partial charge in [0.1, 0.15) is 0 Å². The Morgan fingerprint density at radius 3 is 2.15 bits per heavy atom. The molecule has 0 spiro atoms. The summed E-state index contributed by atoms with van der Waals surface area (Å²) in [6.45, 7) is 11.1. The molecule has 0 aromatic heterocycles. The summed E-state index contributed by atoms with van der Waals surface area (Å²) in [5, 5.41) is 12.5. The van der Waals surface area contributed by atoms with Crippen molar-refractivity contribution in [3.05, 3.63) is 35.4 Å². The Bertz CT molecular complexity index is 719. The molecular weight excluding hydrogens is 344 g/mol. The number of nitrogens with zero attached hydrogens (tertiary/aromatic N) is 1. The highest BCUT2D eigenvalue weighted by atomic mass is 16.4. The molecule has 2 rings (SSSR count). The lowest BCUT2D eigenvalue weighted by atomic mass is 9.76. The van der Waals surface area contributed by atoms with Gasteiger partial charge in [-0.15, -0.1) is 0 Å². The molecule has 0 bridgehead atoms. The normalized spacial score (nSPS) is 20.0. The quantitative estimate of drug-likeness (QED) is 0.829. The number of carboxylic acid groups (broad SMARTS) is 1. The van der Waals surface area contributed by atoms with Crippen LogP contribution in [0.1, 0.15) is 61.8 Å². The van der Waals surface area contributed by atoms with Gasteiger partial charge in [0.25, 0.3) is 11.8 Å². The number of likely N-dealkylation sites (tertiary alicyclic amines) is 1. The van der Waals surface area contributed by atoms with E-state index in [0.717, 1.165) is 0 Å². The maximum absolute atomic E-state index is 12.8. The number of hydrogen-bond donors (Lipinski definition) is 2. The first-order valence-electron chi connectivity index (χ1n) is 9.37. The van der Waals surface area contributed by atoms with Gasteiger partial charge in [-0.3, -0.25) is 14.4 Å². The number of hydrogen-bond acceptors (Lipinski definition) is 3. The number of nitrogens with one attached hydrogen (secondary N) is 1. The minimum atomic E-state index is -0.886. The Hall–Kier alpha value is -2.37. The molecule has 1 heterocycles. The minimum Gasteiger partial charge on any atom is -0.481 e. The first-order valence-corrected chi connectivity index (χ1v) is 9.37. The summed E-state index contributed by atoms with van der Waals surface area (Å²) in [6.07, 6.45) is 0.457. The number of carbonyl (C=O) groups is 3. The number of carbonyl (C=O) groups excluding carboxylic acids is 2. The first-order chi connectivity index (χ1) is 12.5. The fourth-order valence-corrected chi connectivity index (χ4v) is 3.29. The summed E-state index contributed by atoms with van der Waals surface area (Å²) in [5.41, 5.74) is 0.0724. The van der Waals surface area contributed by atoms with E-state index in [4.69, 9.17) is 0 Å². The highest BCUT2D eigenvalue weighted by molar-refractivity contribution is 5.98. The fourth-order valence-electron chi connectivity index (χ4n) is 3.29. The van der Waals surface area contributed by atoms with Crippen LogP contribution in [0.2, 0.25) is 0 Å². The van der Waals surface area contributed by atoms with Gasteiger partial charge in [-0.25, -0.2) is 0 Å². The predicted molar refractivity (Wildman–Crippen MR) is 104 cm³/mol. The monoisotopic (exact) mass is 374 g/mol. The number of carboxylic acids is 1. The van der Waals surface area contributed by atoms with Crippen molar-refractivity contribution >= 4 is 17.8 Å². The second kappa shape index (κ2) is 7.71. The van der Waals surface area contributed by atoms with Gasteiger partial charge < -0.3 is 15.3 Å². The number of aliphatic carboxylic acids is 1. The van der Waals surface area contributed by atoms with E-state index < -0.39 is 11.4 Å². The summed E-state index contributed by atoms with van der Waals surface area (Å²) in [6, 6.07) is 6.53. The van der Waals surface area contributed by atoms with Crippen LogP contribution in [0.25, 0.3) is 0 Å². The second-order valence-corrected chi connectivity index (χ2v) is 8.91. The lowest BCUT2D eigenvalue weighted by Gasteiger charge is -2.28.